The van der Waals surface area contributed by atoms with Gasteiger partial charge in [-0.1, -0.05) is 22.6 Å². The number of hydrogen-bond donors (Lipinski definition) is 8. The van der Waals surface area contributed by atoms with Gasteiger partial charge in [0.05, 0.1) is 42.1 Å². The molecule has 14 heteroatoms. The van der Waals surface area contributed by atoms with E-state index in [0.29, 0.717) is 0 Å². The molecule has 3 amide bonds. The second-order valence-electron chi connectivity index (χ2n) is 6.33. The Hall–Kier alpha value is -0.280. The van der Waals surface area contributed by atoms with E-state index in [0.717, 1.165) is 0 Å². The second-order valence-corrected chi connectivity index (χ2v) is 9.74. The van der Waals surface area contributed by atoms with Gasteiger partial charge in [0.2, 0.25) is 11.8 Å². The molecule has 0 aromatic carbocycles. The lowest BCUT2D eigenvalue weighted by molar-refractivity contribution is -0.131. The molecular formula is C16H22I3N3O8. The zero-order valence-electron chi connectivity index (χ0n) is 15.7. The van der Waals surface area contributed by atoms with Gasteiger partial charge in [0, 0.05) is 20.0 Å². The molecule has 170 valence electrons. The summed E-state index contributed by atoms with van der Waals surface area (Å²) in [4.78, 5) is 37.9. The van der Waals surface area contributed by atoms with E-state index in [1.54, 1.807) is 67.8 Å². The van der Waals surface area contributed by atoms with Gasteiger partial charge in [-0.05, 0) is 45.2 Å². The number of hydrogen-bond acceptors (Lipinski definition) is 8. The minimum atomic E-state index is -1.87. The Kier molecular flexibility index (Phi) is 11.2. The number of aliphatic hydroxyl groups excluding tert-OH is 5. The summed E-state index contributed by atoms with van der Waals surface area (Å²) in [6.45, 7) is -0.593. The topological polar surface area (TPSA) is 188 Å². The molecule has 30 heavy (non-hydrogen) atoms. The fourth-order valence-electron chi connectivity index (χ4n) is 2.52. The van der Waals surface area contributed by atoms with Crippen LogP contribution in [0.15, 0.2) is 18.5 Å². The van der Waals surface area contributed by atoms with Crippen LogP contribution in [0.5, 0.6) is 0 Å². The second kappa shape index (κ2) is 12.1. The maximum Gasteiger partial charge on any atom is 0.252 e. The van der Waals surface area contributed by atoms with Crippen molar-refractivity contribution in [1.29, 1.82) is 0 Å². The van der Waals surface area contributed by atoms with Crippen LogP contribution in [0.1, 0.15) is 6.92 Å². The number of rotatable bonds is 9. The Bertz CT molecular complexity index is 760. The highest BCUT2D eigenvalue weighted by atomic mass is 127. The van der Waals surface area contributed by atoms with Crippen molar-refractivity contribution in [3.63, 3.8) is 0 Å². The lowest BCUT2D eigenvalue weighted by Crippen LogP contribution is -2.66. The molecule has 0 spiro atoms. The van der Waals surface area contributed by atoms with E-state index in [1.807, 2.05) is 0 Å². The molecule has 0 aromatic heterocycles. The highest BCUT2D eigenvalue weighted by Gasteiger charge is 2.55. The molecule has 1 aliphatic rings. The van der Waals surface area contributed by atoms with Crippen LogP contribution in [-0.4, -0.2) is 91.2 Å². The van der Waals surface area contributed by atoms with E-state index in [4.69, 9.17) is 10.2 Å². The van der Waals surface area contributed by atoms with Crippen molar-refractivity contribution in [1.82, 2.24) is 16.0 Å². The summed E-state index contributed by atoms with van der Waals surface area (Å²) >= 11 is 5.25. The zero-order valence-corrected chi connectivity index (χ0v) is 22.1. The van der Waals surface area contributed by atoms with Crippen LogP contribution in [-0.2, 0) is 14.4 Å². The summed E-state index contributed by atoms with van der Waals surface area (Å²) < 4.78 is -0.787. The normalized spacial score (nSPS) is 23.7. The fourth-order valence-corrected chi connectivity index (χ4v) is 7.36. The van der Waals surface area contributed by atoms with E-state index in [9.17, 15) is 29.7 Å². The largest absolute Gasteiger partial charge is 0.506 e. The number of allylic oxidation sites excluding steroid dienone is 1. The van der Waals surface area contributed by atoms with E-state index >= 15 is 0 Å². The quantitative estimate of drug-likeness (QED) is 0.103. The molecule has 1 aliphatic carbocycles. The molecule has 0 bridgehead atoms. The molecule has 8 N–H and O–H groups in total. The van der Waals surface area contributed by atoms with Crippen molar-refractivity contribution in [2.45, 2.75) is 28.6 Å². The van der Waals surface area contributed by atoms with Crippen molar-refractivity contribution in [3.8, 4) is 0 Å². The lowest BCUT2D eigenvalue weighted by atomic mass is 9.83. The van der Waals surface area contributed by atoms with Crippen molar-refractivity contribution in [2.75, 3.05) is 26.3 Å². The zero-order chi connectivity index (χ0) is 23.2. The molecule has 0 heterocycles. The highest BCUT2D eigenvalue weighted by Crippen LogP contribution is 2.46. The first-order valence-corrected chi connectivity index (χ1v) is 11.9. The number of aliphatic hydroxyl groups is 5. The summed E-state index contributed by atoms with van der Waals surface area (Å²) in [7, 11) is 0. The third-order valence-electron chi connectivity index (χ3n) is 4.03. The first kappa shape index (κ1) is 27.8. The summed E-state index contributed by atoms with van der Waals surface area (Å²) in [5.74, 6) is -2.50. The van der Waals surface area contributed by atoms with Gasteiger partial charge in [-0.3, -0.25) is 14.4 Å². The van der Waals surface area contributed by atoms with Crippen LogP contribution < -0.4 is 16.0 Å². The number of alkyl halides is 1. The van der Waals surface area contributed by atoms with Gasteiger partial charge in [0.25, 0.3) is 5.91 Å². The maximum absolute atomic E-state index is 13.1. The number of halogens is 3. The molecule has 0 fully saturated rings. The molecule has 4 atom stereocenters. The van der Waals surface area contributed by atoms with E-state index in [-0.39, 0.29) is 31.6 Å². The van der Waals surface area contributed by atoms with Gasteiger partial charge in [-0.2, -0.15) is 0 Å². The van der Waals surface area contributed by atoms with E-state index in [2.05, 4.69) is 16.0 Å². The van der Waals surface area contributed by atoms with Crippen molar-refractivity contribution in [2.24, 2.45) is 0 Å². The maximum atomic E-state index is 13.1. The van der Waals surface area contributed by atoms with Gasteiger partial charge >= 0.3 is 0 Å². The summed E-state index contributed by atoms with van der Waals surface area (Å²) in [6.07, 6.45) is -2.44. The average molecular weight is 765 g/mol. The Labute approximate surface area is 213 Å². The van der Waals surface area contributed by atoms with Crippen LogP contribution in [0.2, 0.25) is 0 Å². The number of amides is 3. The summed E-state index contributed by atoms with van der Waals surface area (Å²) in [5, 5.41) is 54.9. The summed E-state index contributed by atoms with van der Waals surface area (Å²) in [6, 6.07) is 0. The van der Waals surface area contributed by atoms with Crippen LogP contribution in [0.25, 0.3) is 0 Å². The lowest BCUT2D eigenvalue weighted by Gasteiger charge is -2.41. The van der Waals surface area contributed by atoms with Gasteiger partial charge in [0.1, 0.15) is 5.76 Å². The average Bonchev–Trinajstić information content (AvgIpc) is 2.71. The molecule has 0 aliphatic heterocycles. The Balaban J connectivity index is 3.43. The molecule has 0 aromatic rings. The molecule has 0 saturated heterocycles. The van der Waals surface area contributed by atoms with Crippen molar-refractivity contribution in [3.05, 3.63) is 18.5 Å². The highest BCUT2D eigenvalue weighted by molar-refractivity contribution is 14.1. The van der Waals surface area contributed by atoms with E-state index < -0.39 is 52.6 Å². The number of carbonyl (C=O) groups excluding carboxylic acids is 3. The third-order valence-corrected chi connectivity index (χ3v) is 8.04. The molecule has 11 nitrogen and oxygen atoms in total. The monoisotopic (exact) mass is 765 g/mol. The van der Waals surface area contributed by atoms with Gasteiger partial charge in [-0.25, -0.2) is 0 Å². The van der Waals surface area contributed by atoms with Crippen LogP contribution in [0.3, 0.4) is 0 Å². The Morgan fingerprint density at radius 3 is 2.03 bits per heavy atom. The van der Waals surface area contributed by atoms with Gasteiger partial charge in [0.15, 0.2) is 5.54 Å². The number of carbonyl (C=O) groups is 3. The SMILES string of the molecule is CC(=O)NC1(C(=O)NCC(O)CO)C(I)=C(O)C(I)=C(C(=O)NCC(O)CO)C1I. The predicted octanol–water partition coefficient (Wildman–Crippen LogP) is -1.49. The molecule has 4 unspecified atom stereocenters. The minimum absolute atomic E-state index is 0.0223. The molecule has 0 radical (unpaired) electrons. The van der Waals surface area contributed by atoms with Gasteiger partial charge in [-0.15, -0.1) is 0 Å². The van der Waals surface area contributed by atoms with Crippen molar-refractivity contribution >= 4 is 85.5 Å². The summed E-state index contributed by atoms with van der Waals surface area (Å²) in [5.41, 5.74) is -1.89. The third kappa shape index (κ3) is 6.15. The molecular weight excluding hydrogens is 743 g/mol. The van der Waals surface area contributed by atoms with Crippen LogP contribution in [0.4, 0.5) is 0 Å². The van der Waals surface area contributed by atoms with Crippen molar-refractivity contribution < 1.29 is 39.9 Å². The standard InChI is InChI=1S/C16H22I3N3O8/c1-6(25)22-16(15(30)21-3-8(27)5-24)12(18)9(10(17)11(28)13(16)19)14(29)20-2-7(26)4-23/h7-8,12,23-24,26-28H,2-5H2,1H3,(H,20,29)(H,21,30)(H,22,25). The van der Waals surface area contributed by atoms with Crippen LogP contribution in [0, 0.1) is 0 Å². The predicted molar refractivity (Wildman–Crippen MR) is 131 cm³/mol. The van der Waals surface area contributed by atoms with Crippen LogP contribution >= 0.6 is 67.8 Å². The molecule has 1 rings (SSSR count). The van der Waals surface area contributed by atoms with Gasteiger partial charge < -0.3 is 41.5 Å². The number of nitrogens with one attached hydrogen (secondary N) is 3. The Morgan fingerprint density at radius 1 is 1.07 bits per heavy atom. The fraction of sp³-hybridized carbons (Fsp3) is 0.562. The first-order chi connectivity index (χ1) is 13.9. The minimum Gasteiger partial charge on any atom is -0.506 e. The van der Waals surface area contributed by atoms with E-state index in [1.165, 1.54) is 6.92 Å². The molecule has 0 saturated carbocycles. The smallest absolute Gasteiger partial charge is 0.252 e. The first-order valence-electron chi connectivity index (χ1n) is 8.50. The Morgan fingerprint density at radius 2 is 1.57 bits per heavy atom.